The summed E-state index contributed by atoms with van der Waals surface area (Å²) in [6, 6.07) is 5.99. The molecule has 1 heterocycles. The highest BCUT2D eigenvalue weighted by Crippen LogP contribution is 2.25. The predicted molar refractivity (Wildman–Crippen MR) is 105 cm³/mol. The van der Waals surface area contributed by atoms with E-state index in [1.807, 2.05) is 22.6 Å². The van der Waals surface area contributed by atoms with Crippen molar-refractivity contribution in [1.29, 1.82) is 0 Å². The van der Waals surface area contributed by atoms with Gasteiger partial charge in [-0.15, -0.1) is 0 Å². The van der Waals surface area contributed by atoms with Crippen LogP contribution in [0.25, 0.3) is 0 Å². The summed E-state index contributed by atoms with van der Waals surface area (Å²) in [5.41, 5.74) is 0.812. The standard InChI is InChI=1S/C17H18FIN2O4S/c1-3-17(10(2)22,25-21-15(23)11-6-7-26-9-11)16(24)20-14-5-4-12(19)8-13(14)18/h4-9,16,20,24H,3H2,1-2H3,(H,21,23). The number of thiophene rings is 1. The fourth-order valence-corrected chi connectivity index (χ4v) is 3.38. The number of carbonyl (C=O) groups excluding carboxylic acids is 2. The molecule has 0 spiro atoms. The monoisotopic (exact) mass is 492 g/mol. The van der Waals surface area contributed by atoms with Crippen LogP contribution in [0.4, 0.5) is 10.1 Å². The van der Waals surface area contributed by atoms with Crippen LogP contribution in [0.2, 0.25) is 0 Å². The van der Waals surface area contributed by atoms with Crippen molar-refractivity contribution in [3.05, 3.63) is 50.0 Å². The van der Waals surface area contributed by atoms with Crippen molar-refractivity contribution in [2.24, 2.45) is 0 Å². The van der Waals surface area contributed by atoms with Gasteiger partial charge in [-0.2, -0.15) is 11.3 Å². The van der Waals surface area contributed by atoms with Gasteiger partial charge in [-0.1, -0.05) is 6.92 Å². The van der Waals surface area contributed by atoms with E-state index < -0.39 is 29.3 Å². The first kappa shape index (κ1) is 20.7. The fourth-order valence-electron chi connectivity index (χ4n) is 2.30. The Hall–Kier alpha value is -1.56. The van der Waals surface area contributed by atoms with Gasteiger partial charge in [0.25, 0.3) is 5.91 Å². The van der Waals surface area contributed by atoms with Crippen LogP contribution in [0.1, 0.15) is 30.6 Å². The van der Waals surface area contributed by atoms with Crippen molar-refractivity contribution in [3.8, 4) is 0 Å². The third-order valence-electron chi connectivity index (χ3n) is 3.90. The Kier molecular flexibility index (Phi) is 7.09. The Balaban J connectivity index is 2.18. The average Bonchev–Trinajstić information content (AvgIpc) is 3.12. The van der Waals surface area contributed by atoms with Crippen LogP contribution >= 0.6 is 33.9 Å². The number of ketones is 1. The zero-order valence-electron chi connectivity index (χ0n) is 14.1. The molecule has 1 aromatic carbocycles. The summed E-state index contributed by atoms with van der Waals surface area (Å²) in [5, 5.41) is 16.4. The number of amides is 1. The number of halogens is 2. The summed E-state index contributed by atoms with van der Waals surface area (Å²) in [6.45, 7) is 2.85. The topological polar surface area (TPSA) is 87.7 Å². The number of hydrogen-bond acceptors (Lipinski definition) is 6. The Morgan fingerprint density at radius 2 is 2.15 bits per heavy atom. The van der Waals surface area contributed by atoms with Gasteiger partial charge < -0.3 is 10.4 Å². The summed E-state index contributed by atoms with van der Waals surface area (Å²) < 4.78 is 14.7. The molecular formula is C17H18FIN2O4S. The van der Waals surface area contributed by atoms with Crippen LogP contribution < -0.4 is 10.8 Å². The highest BCUT2D eigenvalue weighted by molar-refractivity contribution is 14.1. The summed E-state index contributed by atoms with van der Waals surface area (Å²) >= 11 is 3.30. The van der Waals surface area contributed by atoms with Crippen molar-refractivity contribution >= 4 is 51.3 Å². The van der Waals surface area contributed by atoms with Gasteiger partial charge in [0.2, 0.25) is 0 Å². The second-order valence-electron chi connectivity index (χ2n) is 5.52. The smallest absolute Gasteiger partial charge is 0.275 e. The molecule has 0 aliphatic rings. The largest absolute Gasteiger partial charge is 0.370 e. The average molecular weight is 492 g/mol. The number of carbonyl (C=O) groups is 2. The third-order valence-corrected chi connectivity index (χ3v) is 5.25. The molecular weight excluding hydrogens is 474 g/mol. The van der Waals surface area contributed by atoms with E-state index in [0.717, 1.165) is 0 Å². The van der Waals surface area contributed by atoms with E-state index in [1.165, 1.54) is 30.4 Å². The molecule has 0 bridgehead atoms. The van der Waals surface area contributed by atoms with Gasteiger partial charge in [0, 0.05) is 8.95 Å². The van der Waals surface area contributed by atoms with Gasteiger partial charge >= 0.3 is 0 Å². The van der Waals surface area contributed by atoms with Crippen molar-refractivity contribution in [2.45, 2.75) is 32.1 Å². The van der Waals surface area contributed by atoms with E-state index in [-0.39, 0.29) is 12.1 Å². The van der Waals surface area contributed by atoms with E-state index in [9.17, 15) is 19.1 Å². The maximum Gasteiger partial charge on any atom is 0.275 e. The first-order valence-corrected chi connectivity index (χ1v) is 9.73. The van der Waals surface area contributed by atoms with Crippen LogP contribution in [0, 0.1) is 9.39 Å². The van der Waals surface area contributed by atoms with Gasteiger partial charge in [-0.3, -0.25) is 14.4 Å². The van der Waals surface area contributed by atoms with E-state index in [2.05, 4.69) is 10.8 Å². The number of benzene rings is 1. The summed E-state index contributed by atoms with van der Waals surface area (Å²) in [4.78, 5) is 29.6. The van der Waals surface area contributed by atoms with Gasteiger partial charge in [0.15, 0.2) is 17.6 Å². The number of rotatable bonds is 8. The Morgan fingerprint density at radius 3 is 2.69 bits per heavy atom. The molecule has 3 N–H and O–H groups in total. The van der Waals surface area contributed by atoms with Crippen LogP contribution in [-0.2, 0) is 9.63 Å². The third kappa shape index (κ3) is 4.58. The normalized spacial score (nSPS) is 14.3. The molecule has 1 amide bonds. The molecule has 2 unspecified atom stereocenters. The van der Waals surface area contributed by atoms with Crippen LogP contribution in [0.3, 0.4) is 0 Å². The van der Waals surface area contributed by atoms with Gasteiger partial charge in [-0.05, 0) is 65.6 Å². The maximum atomic E-state index is 14.0. The quantitative estimate of drug-likeness (QED) is 0.299. The highest BCUT2D eigenvalue weighted by atomic mass is 127. The highest BCUT2D eigenvalue weighted by Gasteiger charge is 2.44. The molecule has 0 radical (unpaired) electrons. The SMILES string of the molecule is CCC(ONC(=O)c1ccsc1)(C(C)=O)C(O)Nc1ccc(I)cc1F. The lowest BCUT2D eigenvalue weighted by Gasteiger charge is -2.34. The molecule has 2 aromatic rings. The molecule has 9 heteroatoms. The van der Waals surface area contributed by atoms with Crippen LogP contribution in [0.5, 0.6) is 0 Å². The van der Waals surface area contributed by atoms with Gasteiger partial charge in [0.1, 0.15) is 5.82 Å². The first-order chi connectivity index (χ1) is 12.3. The molecule has 1 aromatic heterocycles. The molecule has 0 aliphatic carbocycles. The summed E-state index contributed by atoms with van der Waals surface area (Å²) in [5.74, 6) is -1.64. The molecule has 6 nitrogen and oxygen atoms in total. The van der Waals surface area contributed by atoms with Crippen LogP contribution in [-0.4, -0.2) is 28.6 Å². The Labute approximate surface area is 167 Å². The van der Waals surface area contributed by atoms with E-state index in [0.29, 0.717) is 9.13 Å². The van der Waals surface area contributed by atoms with Gasteiger partial charge in [0.05, 0.1) is 11.3 Å². The second-order valence-corrected chi connectivity index (χ2v) is 7.54. The fraction of sp³-hybridized carbons (Fsp3) is 0.294. The molecule has 2 rings (SSSR count). The number of Topliss-reactive ketones (excluding diaryl/α,β-unsaturated/α-hetero) is 1. The van der Waals surface area contributed by atoms with E-state index in [4.69, 9.17) is 4.84 Å². The molecule has 0 fully saturated rings. The second kappa shape index (κ2) is 8.89. The number of hydroxylamine groups is 1. The zero-order valence-corrected chi connectivity index (χ0v) is 17.1. The molecule has 0 aliphatic heterocycles. The Bertz CT molecular complexity index is 787. The summed E-state index contributed by atoms with van der Waals surface area (Å²) in [6.07, 6.45) is -1.53. The molecule has 26 heavy (non-hydrogen) atoms. The van der Waals surface area contributed by atoms with Crippen molar-refractivity contribution in [2.75, 3.05) is 5.32 Å². The minimum atomic E-state index is -1.78. The summed E-state index contributed by atoms with van der Waals surface area (Å²) in [7, 11) is 0. The molecule has 2 atom stereocenters. The Morgan fingerprint density at radius 1 is 1.42 bits per heavy atom. The lowest BCUT2D eigenvalue weighted by molar-refractivity contribution is -0.171. The lowest BCUT2D eigenvalue weighted by Crippen LogP contribution is -2.57. The van der Waals surface area contributed by atoms with Crippen molar-refractivity contribution in [1.82, 2.24) is 5.48 Å². The van der Waals surface area contributed by atoms with E-state index in [1.54, 1.807) is 29.8 Å². The van der Waals surface area contributed by atoms with Crippen molar-refractivity contribution in [3.63, 3.8) is 0 Å². The number of hydrogen-bond donors (Lipinski definition) is 3. The molecule has 0 saturated heterocycles. The first-order valence-electron chi connectivity index (χ1n) is 7.71. The number of aliphatic hydroxyl groups is 1. The molecule has 140 valence electrons. The number of aliphatic hydroxyl groups excluding tert-OH is 1. The number of nitrogens with one attached hydrogen (secondary N) is 2. The lowest BCUT2D eigenvalue weighted by atomic mass is 9.93. The predicted octanol–water partition coefficient (Wildman–Crippen LogP) is 3.32. The zero-order chi connectivity index (χ0) is 19.3. The minimum absolute atomic E-state index is 0.0183. The van der Waals surface area contributed by atoms with Crippen LogP contribution in [0.15, 0.2) is 35.0 Å². The maximum absolute atomic E-state index is 14.0. The van der Waals surface area contributed by atoms with Crippen molar-refractivity contribution < 1.29 is 23.9 Å². The van der Waals surface area contributed by atoms with E-state index >= 15 is 0 Å². The minimum Gasteiger partial charge on any atom is -0.370 e. The molecule has 0 saturated carbocycles. The number of anilines is 1. The van der Waals surface area contributed by atoms with Gasteiger partial charge in [-0.25, -0.2) is 9.87 Å².